The van der Waals surface area contributed by atoms with E-state index >= 15 is 0 Å². The maximum absolute atomic E-state index is 12.6. The van der Waals surface area contributed by atoms with Crippen LogP contribution < -0.4 is 0 Å². The Morgan fingerprint density at radius 3 is 2.96 bits per heavy atom. The van der Waals surface area contributed by atoms with Gasteiger partial charge in [-0.25, -0.2) is 9.50 Å². The van der Waals surface area contributed by atoms with Crippen molar-refractivity contribution in [1.82, 2.24) is 24.5 Å². The van der Waals surface area contributed by atoms with Gasteiger partial charge >= 0.3 is 0 Å². The van der Waals surface area contributed by atoms with E-state index in [1.165, 1.54) is 6.33 Å². The number of aromatic nitrogens is 4. The molecule has 0 spiro atoms. The molecule has 2 aromatic rings. The third-order valence-corrected chi connectivity index (χ3v) is 4.51. The highest BCUT2D eigenvalue weighted by Crippen LogP contribution is 2.17. The Balaban J connectivity index is 1.74. The smallest absolute Gasteiger partial charge is 0.252 e. The summed E-state index contributed by atoms with van der Waals surface area (Å²) in [5.41, 5.74) is 2.99. The summed E-state index contributed by atoms with van der Waals surface area (Å²) in [6, 6.07) is 0.136. The molecule has 0 N–H and O–H groups in total. The van der Waals surface area contributed by atoms with Gasteiger partial charge < -0.3 is 9.64 Å². The van der Waals surface area contributed by atoms with Gasteiger partial charge in [0.25, 0.3) is 5.78 Å². The van der Waals surface area contributed by atoms with E-state index in [1.54, 1.807) is 4.52 Å². The number of carbonyl (C=O) groups is 1. The number of nitrogens with zero attached hydrogens (tertiary/aromatic N) is 5. The molecular formula is C16H23N5O2. The highest BCUT2D eigenvalue weighted by Gasteiger charge is 2.27. The molecule has 0 aliphatic carbocycles. The number of aryl methyl sites for hydroxylation is 2. The second-order valence-electron chi connectivity index (χ2n) is 6.27. The molecule has 23 heavy (non-hydrogen) atoms. The number of fused-ring (bicyclic) bond motifs is 1. The van der Waals surface area contributed by atoms with Crippen molar-refractivity contribution in [3.63, 3.8) is 0 Å². The summed E-state index contributed by atoms with van der Waals surface area (Å²) in [7, 11) is 0. The molecule has 0 bridgehead atoms. The van der Waals surface area contributed by atoms with E-state index < -0.39 is 0 Å². The minimum absolute atomic E-state index is 0.104. The standard InChI is InChI=1S/C16H23N5O2/c1-10-8-23-11(2)7-20(10)15(22)6-5-14-12(3)19-16-17-9-18-21(16)13(14)4/h9-11H,5-8H2,1-4H3. The third kappa shape index (κ3) is 3.06. The summed E-state index contributed by atoms with van der Waals surface area (Å²) in [6.45, 7) is 9.26. The van der Waals surface area contributed by atoms with Crippen LogP contribution in [-0.4, -0.2) is 55.7 Å². The Kier molecular flexibility index (Phi) is 4.30. The van der Waals surface area contributed by atoms with Gasteiger partial charge in [-0.2, -0.15) is 10.1 Å². The Bertz CT molecular complexity index is 727. The van der Waals surface area contributed by atoms with E-state index in [-0.39, 0.29) is 18.1 Å². The quantitative estimate of drug-likeness (QED) is 0.853. The molecule has 0 radical (unpaired) electrons. The first-order chi connectivity index (χ1) is 11.0. The highest BCUT2D eigenvalue weighted by molar-refractivity contribution is 5.77. The van der Waals surface area contributed by atoms with E-state index in [0.717, 1.165) is 17.0 Å². The molecule has 124 valence electrons. The molecule has 7 nitrogen and oxygen atoms in total. The van der Waals surface area contributed by atoms with Gasteiger partial charge in [0.2, 0.25) is 5.91 Å². The molecule has 0 saturated carbocycles. The topological polar surface area (TPSA) is 72.6 Å². The van der Waals surface area contributed by atoms with E-state index in [4.69, 9.17) is 4.74 Å². The maximum atomic E-state index is 12.6. The van der Waals surface area contributed by atoms with Crippen LogP contribution in [0.15, 0.2) is 6.33 Å². The lowest BCUT2D eigenvalue weighted by molar-refractivity contribution is -0.143. The molecule has 1 fully saturated rings. The number of carbonyl (C=O) groups excluding carboxylic acids is 1. The largest absolute Gasteiger partial charge is 0.375 e. The molecule has 0 aromatic carbocycles. The van der Waals surface area contributed by atoms with Crippen molar-refractivity contribution in [3.05, 3.63) is 23.3 Å². The maximum Gasteiger partial charge on any atom is 0.252 e. The van der Waals surface area contributed by atoms with Crippen molar-refractivity contribution >= 4 is 11.7 Å². The van der Waals surface area contributed by atoms with Crippen LogP contribution in [0.5, 0.6) is 0 Å². The molecule has 7 heteroatoms. The van der Waals surface area contributed by atoms with E-state index in [9.17, 15) is 4.79 Å². The lowest BCUT2D eigenvalue weighted by Crippen LogP contribution is -2.50. The number of rotatable bonds is 3. The number of amides is 1. The molecule has 1 amide bonds. The number of hydrogen-bond donors (Lipinski definition) is 0. The van der Waals surface area contributed by atoms with Crippen LogP contribution in [-0.2, 0) is 16.0 Å². The molecule has 1 aliphatic heterocycles. The SMILES string of the molecule is Cc1nc2ncnn2c(C)c1CCC(=O)N1CC(C)OCC1C. The fourth-order valence-electron chi connectivity index (χ4n) is 3.14. The van der Waals surface area contributed by atoms with Crippen molar-refractivity contribution in [2.75, 3.05) is 13.2 Å². The number of hydrogen-bond acceptors (Lipinski definition) is 5. The lowest BCUT2D eigenvalue weighted by atomic mass is 10.1. The monoisotopic (exact) mass is 317 g/mol. The average Bonchev–Trinajstić information content (AvgIpc) is 2.97. The van der Waals surface area contributed by atoms with Gasteiger partial charge in [-0.1, -0.05) is 0 Å². The summed E-state index contributed by atoms with van der Waals surface area (Å²) in [4.78, 5) is 23.1. The number of morpholine rings is 1. The van der Waals surface area contributed by atoms with Gasteiger partial charge in [0.05, 0.1) is 18.8 Å². The Morgan fingerprint density at radius 1 is 1.39 bits per heavy atom. The van der Waals surface area contributed by atoms with Crippen LogP contribution in [0.1, 0.15) is 37.2 Å². The van der Waals surface area contributed by atoms with Crippen LogP contribution in [0.2, 0.25) is 0 Å². The first-order valence-electron chi connectivity index (χ1n) is 8.04. The van der Waals surface area contributed by atoms with Crippen molar-refractivity contribution in [1.29, 1.82) is 0 Å². The fraction of sp³-hybridized carbons (Fsp3) is 0.625. The third-order valence-electron chi connectivity index (χ3n) is 4.51. The highest BCUT2D eigenvalue weighted by atomic mass is 16.5. The summed E-state index contributed by atoms with van der Waals surface area (Å²) in [5.74, 6) is 0.774. The summed E-state index contributed by atoms with van der Waals surface area (Å²) >= 11 is 0. The fourth-order valence-corrected chi connectivity index (χ4v) is 3.14. The second-order valence-corrected chi connectivity index (χ2v) is 6.27. The van der Waals surface area contributed by atoms with Crippen LogP contribution in [0.4, 0.5) is 0 Å². The van der Waals surface area contributed by atoms with E-state index in [1.807, 2.05) is 32.6 Å². The van der Waals surface area contributed by atoms with E-state index in [0.29, 0.717) is 31.8 Å². The zero-order valence-corrected chi connectivity index (χ0v) is 14.1. The van der Waals surface area contributed by atoms with Gasteiger partial charge in [-0.3, -0.25) is 4.79 Å². The minimum atomic E-state index is 0.104. The Hall–Kier alpha value is -2.02. The Labute approximate surface area is 135 Å². The van der Waals surface area contributed by atoms with Gasteiger partial charge in [0.15, 0.2) is 0 Å². The molecule has 2 atom stereocenters. The summed E-state index contributed by atoms with van der Waals surface area (Å²) in [5, 5.41) is 4.19. The van der Waals surface area contributed by atoms with Crippen LogP contribution >= 0.6 is 0 Å². The van der Waals surface area contributed by atoms with Gasteiger partial charge in [0.1, 0.15) is 6.33 Å². The minimum Gasteiger partial charge on any atom is -0.375 e. The molecule has 2 unspecified atom stereocenters. The van der Waals surface area contributed by atoms with E-state index in [2.05, 4.69) is 15.1 Å². The van der Waals surface area contributed by atoms with Crippen LogP contribution in [0.3, 0.4) is 0 Å². The molecule has 1 saturated heterocycles. The zero-order valence-electron chi connectivity index (χ0n) is 14.1. The second kappa shape index (κ2) is 6.23. The summed E-state index contributed by atoms with van der Waals surface area (Å²) in [6.07, 6.45) is 2.74. The van der Waals surface area contributed by atoms with Crippen molar-refractivity contribution < 1.29 is 9.53 Å². The van der Waals surface area contributed by atoms with Crippen LogP contribution in [0, 0.1) is 13.8 Å². The predicted octanol–water partition coefficient (Wildman–Crippen LogP) is 1.31. The van der Waals surface area contributed by atoms with Crippen molar-refractivity contribution in [3.8, 4) is 0 Å². The molecule has 3 heterocycles. The number of ether oxygens (including phenoxy) is 1. The first kappa shape index (κ1) is 15.9. The molecule has 3 rings (SSSR count). The van der Waals surface area contributed by atoms with Gasteiger partial charge in [-0.05, 0) is 39.7 Å². The predicted molar refractivity (Wildman–Crippen MR) is 85.2 cm³/mol. The van der Waals surface area contributed by atoms with Crippen molar-refractivity contribution in [2.24, 2.45) is 0 Å². The normalized spacial score (nSPS) is 21.8. The lowest BCUT2D eigenvalue weighted by Gasteiger charge is -2.37. The van der Waals surface area contributed by atoms with Crippen LogP contribution in [0.25, 0.3) is 5.78 Å². The van der Waals surface area contributed by atoms with Crippen molar-refractivity contribution in [2.45, 2.75) is 52.7 Å². The zero-order chi connectivity index (χ0) is 16.6. The molecule has 1 aliphatic rings. The molecular weight excluding hydrogens is 294 g/mol. The first-order valence-corrected chi connectivity index (χ1v) is 8.04. The molecule has 2 aromatic heterocycles. The van der Waals surface area contributed by atoms with Gasteiger partial charge in [-0.15, -0.1) is 0 Å². The average molecular weight is 317 g/mol. The summed E-state index contributed by atoms with van der Waals surface area (Å²) < 4.78 is 7.32. The van der Waals surface area contributed by atoms with Gasteiger partial charge in [0, 0.05) is 24.4 Å². The Morgan fingerprint density at radius 2 is 2.17 bits per heavy atom.